The molecule has 28 heavy (non-hydrogen) atoms. The summed E-state index contributed by atoms with van der Waals surface area (Å²) in [6.07, 6.45) is 0. The highest BCUT2D eigenvalue weighted by atomic mass is 32.1. The van der Waals surface area contributed by atoms with E-state index in [9.17, 15) is 19.5 Å². The van der Waals surface area contributed by atoms with Gasteiger partial charge in [-0.1, -0.05) is 23.5 Å². The van der Waals surface area contributed by atoms with Gasteiger partial charge >= 0.3 is 5.97 Å². The standard InChI is InChI=1S/C18H16N4O5S/c1-9-5-4-6-11(7-9)22-13(24)8-12(23)14(21-22)16(25)20-18-19-10(2)15(28-18)17(26)27-3/h4-8,23H,1-3H3,(H,19,20,25). The van der Waals surface area contributed by atoms with Crippen LogP contribution in [0.1, 0.15) is 31.4 Å². The van der Waals surface area contributed by atoms with Gasteiger partial charge in [0, 0.05) is 6.07 Å². The molecule has 0 saturated carbocycles. The van der Waals surface area contributed by atoms with Crippen LogP contribution in [0.5, 0.6) is 5.75 Å². The first-order valence-electron chi connectivity index (χ1n) is 8.07. The number of aryl methyl sites for hydroxylation is 2. The number of nitrogens with one attached hydrogen (secondary N) is 1. The topological polar surface area (TPSA) is 123 Å². The van der Waals surface area contributed by atoms with Gasteiger partial charge in [-0.3, -0.25) is 14.9 Å². The number of aromatic nitrogens is 3. The maximum Gasteiger partial charge on any atom is 0.350 e. The summed E-state index contributed by atoms with van der Waals surface area (Å²) in [7, 11) is 1.25. The van der Waals surface area contributed by atoms with Gasteiger partial charge in [0.2, 0.25) is 0 Å². The molecule has 3 aromatic rings. The lowest BCUT2D eigenvalue weighted by atomic mass is 10.2. The van der Waals surface area contributed by atoms with E-state index in [1.165, 1.54) is 7.11 Å². The number of benzene rings is 1. The second kappa shape index (κ2) is 7.61. The number of nitrogens with zero attached hydrogens (tertiary/aromatic N) is 3. The largest absolute Gasteiger partial charge is 0.505 e. The minimum absolute atomic E-state index is 0.136. The Labute approximate surface area is 163 Å². The molecule has 10 heteroatoms. The Kier molecular flexibility index (Phi) is 5.23. The first-order valence-corrected chi connectivity index (χ1v) is 8.89. The molecule has 9 nitrogen and oxygen atoms in total. The molecule has 0 atom stereocenters. The van der Waals surface area contributed by atoms with Gasteiger partial charge < -0.3 is 9.84 Å². The average molecular weight is 400 g/mol. The highest BCUT2D eigenvalue weighted by Gasteiger charge is 2.21. The highest BCUT2D eigenvalue weighted by molar-refractivity contribution is 7.17. The molecule has 2 N–H and O–H groups in total. The predicted molar refractivity (Wildman–Crippen MR) is 102 cm³/mol. The average Bonchev–Trinajstić information content (AvgIpc) is 3.01. The van der Waals surface area contributed by atoms with Crippen molar-refractivity contribution in [3.63, 3.8) is 0 Å². The summed E-state index contributed by atoms with van der Waals surface area (Å²) >= 11 is 0.931. The number of carbonyl (C=O) groups excluding carboxylic acids is 2. The van der Waals surface area contributed by atoms with Crippen molar-refractivity contribution in [3.8, 4) is 11.4 Å². The number of ether oxygens (including phenoxy) is 1. The van der Waals surface area contributed by atoms with Crippen molar-refractivity contribution >= 4 is 28.3 Å². The van der Waals surface area contributed by atoms with Crippen LogP contribution in [0.3, 0.4) is 0 Å². The molecule has 144 valence electrons. The Balaban J connectivity index is 1.95. The number of thiazole rings is 1. The van der Waals surface area contributed by atoms with Crippen molar-refractivity contribution in [3.05, 3.63) is 62.5 Å². The lowest BCUT2D eigenvalue weighted by Gasteiger charge is -2.09. The van der Waals surface area contributed by atoms with Crippen molar-refractivity contribution in [1.29, 1.82) is 0 Å². The third-order valence-electron chi connectivity index (χ3n) is 3.76. The number of rotatable bonds is 4. The summed E-state index contributed by atoms with van der Waals surface area (Å²) in [6, 6.07) is 7.90. The molecule has 0 bridgehead atoms. The summed E-state index contributed by atoms with van der Waals surface area (Å²) in [5.74, 6) is -1.90. The Morgan fingerprint density at radius 1 is 1.25 bits per heavy atom. The molecule has 3 rings (SSSR count). The van der Waals surface area contributed by atoms with Gasteiger partial charge in [0.25, 0.3) is 11.5 Å². The molecule has 0 aliphatic heterocycles. The first kappa shape index (κ1) is 19.2. The Bertz CT molecular complexity index is 1140. The fourth-order valence-electron chi connectivity index (χ4n) is 2.44. The molecule has 0 aliphatic rings. The zero-order chi connectivity index (χ0) is 20.4. The second-order valence-corrected chi connectivity index (χ2v) is 6.85. The minimum Gasteiger partial charge on any atom is -0.505 e. The van der Waals surface area contributed by atoms with Crippen LogP contribution in [0.15, 0.2) is 35.1 Å². The van der Waals surface area contributed by atoms with Gasteiger partial charge in [-0.2, -0.15) is 9.78 Å². The highest BCUT2D eigenvalue weighted by Crippen LogP contribution is 2.24. The smallest absolute Gasteiger partial charge is 0.350 e. The van der Waals surface area contributed by atoms with Gasteiger partial charge in [-0.05, 0) is 31.5 Å². The van der Waals surface area contributed by atoms with Crippen LogP contribution in [0, 0.1) is 13.8 Å². The van der Waals surface area contributed by atoms with E-state index in [0.29, 0.717) is 11.4 Å². The molecule has 0 unspecified atom stereocenters. The molecule has 0 saturated heterocycles. The number of anilines is 1. The summed E-state index contributed by atoms with van der Waals surface area (Å²) in [6.45, 7) is 3.46. The molecule has 1 aromatic carbocycles. The number of aromatic hydroxyl groups is 1. The minimum atomic E-state index is -0.774. The van der Waals surface area contributed by atoms with Gasteiger partial charge in [-0.25, -0.2) is 9.78 Å². The maximum absolute atomic E-state index is 12.6. The lowest BCUT2D eigenvalue weighted by Crippen LogP contribution is -2.25. The van der Waals surface area contributed by atoms with Gasteiger partial charge in [-0.15, -0.1) is 0 Å². The monoisotopic (exact) mass is 400 g/mol. The van der Waals surface area contributed by atoms with Crippen LogP contribution in [0.25, 0.3) is 5.69 Å². The van der Waals surface area contributed by atoms with E-state index in [1.54, 1.807) is 25.1 Å². The summed E-state index contributed by atoms with van der Waals surface area (Å²) in [5.41, 5.74) is 0.816. The molecule has 0 radical (unpaired) electrons. The quantitative estimate of drug-likeness (QED) is 0.642. The SMILES string of the molecule is COC(=O)c1sc(NC(=O)c2nn(-c3cccc(C)c3)c(=O)cc2O)nc1C. The predicted octanol–water partition coefficient (Wildman–Crippen LogP) is 2.05. The van der Waals surface area contributed by atoms with Crippen LogP contribution < -0.4 is 10.9 Å². The summed E-state index contributed by atoms with van der Waals surface area (Å²) < 4.78 is 5.68. The van der Waals surface area contributed by atoms with E-state index in [2.05, 4.69) is 20.1 Å². The molecular formula is C18H16N4O5S. The van der Waals surface area contributed by atoms with E-state index in [0.717, 1.165) is 27.6 Å². The molecule has 0 aliphatic carbocycles. The number of amides is 1. The Hall–Kier alpha value is -3.53. The summed E-state index contributed by atoms with van der Waals surface area (Å²) in [5, 5.41) is 16.6. The van der Waals surface area contributed by atoms with Crippen LogP contribution in [-0.2, 0) is 4.74 Å². The van der Waals surface area contributed by atoms with Crippen LogP contribution in [-0.4, -0.2) is 38.9 Å². The number of hydrogen-bond acceptors (Lipinski definition) is 8. The van der Waals surface area contributed by atoms with E-state index in [-0.39, 0.29) is 15.7 Å². The van der Waals surface area contributed by atoms with Crippen LogP contribution in [0.2, 0.25) is 0 Å². The fourth-order valence-corrected chi connectivity index (χ4v) is 3.32. The van der Waals surface area contributed by atoms with Crippen LogP contribution >= 0.6 is 11.3 Å². The van der Waals surface area contributed by atoms with Crippen molar-refractivity contribution in [2.45, 2.75) is 13.8 Å². The van der Waals surface area contributed by atoms with E-state index in [1.807, 2.05) is 13.0 Å². The van der Waals surface area contributed by atoms with E-state index >= 15 is 0 Å². The summed E-state index contributed by atoms with van der Waals surface area (Å²) in [4.78, 5) is 40.8. The normalized spacial score (nSPS) is 10.5. The Morgan fingerprint density at radius 2 is 2.00 bits per heavy atom. The molecule has 2 aromatic heterocycles. The molecule has 0 fully saturated rings. The van der Waals surface area contributed by atoms with Gasteiger partial charge in [0.05, 0.1) is 18.5 Å². The zero-order valence-corrected chi connectivity index (χ0v) is 16.0. The van der Waals surface area contributed by atoms with Gasteiger partial charge in [0.15, 0.2) is 16.6 Å². The fraction of sp³-hybridized carbons (Fsp3) is 0.167. The van der Waals surface area contributed by atoms with E-state index < -0.39 is 23.2 Å². The second-order valence-electron chi connectivity index (χ2n) is 5.85. The van der Waals surface area contributed by atoms with E-state index in [4.69, 9.17) is 0 Å². The van der Waals surface area contributed by atoms with Crippen LogP contribution in [0.4, 0.5) is 5.13 Å². The molecule has 2 heterocycles. The van der Waals surface area contributed by atoms with Crippen molar-refractivity contribution in [1.82, 2.24) is 14.8 Å². The number of methoxy groups -OCH3 is 1. The maximum atomic E-state index is 12.6. The third kappa shape index (κ3) is 3.76. The Morgan fingerprint density at radius 3 is 2.68 bits per heavy atom. The van der Waals surface area contributed by atoms with Gasteiger partial charge in [0.1, 0.15) is 4.88 Å². The molecular weight excluding hydrogens is 384 g/mol. The van der Waals surface area contributed by atoms with Crippen molar-refractivity contribution in [2.24, 2.45) is 0 Å². The zero-order valence-electron chi connectivity index (χ0n) is 15.2. The van der Waals surface area contributed by atoms with Crippen molar-refractivity contribution < 1.29 is 19.4 Å². The molecule has 0 spiro atoms. The molecule has 1 amide bonds. The lowest BCUT2D eigenvalue weighted by molar-refractivity contribution is 0.0605. The van der Waals surface area contributed by atoms with Crippen molar-refractivity contribution in [2.75, 3.05) is 12.4 Å². The third-order valence-corrected chi connectivity index (χ3v) is 4.81. The number of carbonyl (C=O) groups is 2. The number of esters is 1. The number of hydrogen-bond donors (Lipinski definition) is 2. The first-order chi connectivity index (χ1) is 13.3.